The third-order valence-corrected chi connectivity index (χ3v) is 7.73. The topological polar surface area (TPSA) is 58.6 Å². The molecule has 0 bridgehead atoms. The van der Waals surface area contributed by atoms with Crippen molar-refractivity contribution in [1.29, 1.82) is 0 Å². The van der Waals surface area contributed by atoms with Crippen molar-refractivity contribution in [1.82, 2.24) is 10.2 Å². The third-order valence-electron chi connectivity index (χ3n) is 6.19. The first-order valence-electron chi connectivity index (χ1n) is 10.8. The highest BCUT2D eigenvalue weighted by Crippen LogP contribution is 2.33. The lowest BCUT2D eigenvalue weighted by Crippen LogP contribution is -2.54. The van der Waals surface area contributed by atoms with Gasteiger partial charge in [0.05, 0.1) is 6.61 Å². The fourth-order valence-corrected chi connectivity index (χ4v) is 6.76. The van der Waals surface area contributed by atoms with Gasteiger partial charge >= 0.3 is 0 Å². The first kappa shape index (κ1) is 21.6. The predicted octanol–water partition coefficient (Wildman–Crippen LogP) is 3.02. The maximum atomic E-state index is 12.9. The first-order chi connectivity index (χ1) is 13.4. The van der Waals surface area contributed by atoms with Crippen molar-refractivity contribution in [3.8, 4) is 5.75 Å². The summed E-state index contributed by atoms with van der Waals surface area (Å²) in [4.78, 5) is 2.34. The second kappa shape index (κ2) is 9.59. The number of sulfone groups is 1. The van der Waals surface area contributed by atoms with Crippen LogP contribution in [-0.2, 0) is 22.7 Å². The van der Waals surface area contributed by atoms with Crippen LogP contribution < -0.4 is 10.1 Å². The molecule has 1 saturated heterocycles. The molecule has 0 saturated carbocycles. The average Bonchev–Trinajstić information content (AvgIpc) is 2.67. The van der Waals surface area contributed by atoms with Crippen LogP contribution in [-0.4, -0.2) is 57.2 Å². The van der Waals surface area contributed by atoms with Crippen LogP contribution in [0.1, 0.15) is 50.7 Å². The second-order valence-electron chi connectivity index (χ2n) is 8.31. The summed E-state index contributed by atoms with van der Waals surface area (Å²) < 4.78 is 31.4. The van der Waals surface area contributed by atoms with Crippen LogP contribution in [0.25, 0.3) is 0 Å². The van der Waals surface area contributed by atoms with Gasteiger partial charge in [0, 0.05) is 12.3 Å². The molecule has 2 atom stereocenters. The van der Waals surface area contributed by atoms with Gasteiger partial charge in [-0.3, -0.25) is 4.90 Å². The summed E-state index contributed by atoms with van der Waals surface area (Å²) in [6, 6.07) is 6.69. The summed E-state index contributed by atoms with van der Waals surface area (Å²) in [7, 11) is -3.15. The summed E-state index contributed by atoms with van der Waals surface area (Å²) in [5, 5.41) is 3.02. The van der Waals surface area contributed by atoms with E-state index < -0.39 is 9.84 Å². The molecule has 2 aliphatic rings. The molecule has 1 aromatic carbocycles. The number of nitrogens with one attached hydrogen (secondary N) is 1. The molecule has 1 aliphatic heterocycles. The van der Waals surface area contributed by atoms with Gasteiger partial charge in [0.1, 0.15) is 11.1 Å². The third kappa shape index (κ3) is 5.08. The summed E-state index contributed by atoms with van der Waals surface area (Å²) in [5.74, 6) is 1.17. The Hall–Kier alpha value is -1.11. The van der Waals surface area contributed by atoms with E-state index in [1.54, 1.807) is 0 Å². The van der Waals surface area contributed by atoms with Crippen LogP contribution in [0.3, 0.4) is 0 Å². The Morgan fingerprint density at radius 3 is 2.57 bits per heavy atom. The molecule has 1 heterocycles. The zero-order valence-corrected chi connectivity index (χ0v) is 18.4. The van der Waals surface area contributed by atoms with Crippen molar-refractivity contribution < 1.29 is 13.2 Å². The number of fused-ring (bicyclic) bond motifs is 1. The maximum absolute atomic E-state index is 12.9. The lowest BCUT2D eigenvalue weighted by Gasteiger charge is -2.43. The number of rotatable bonds is 8. The van der Waals surface area contributed by atoms with Crippen LogP contribution in [0, 0.1) is 5.92 Å². The molecule has 28 heavy (non-hydrogen) atoms. The molecule has 0 aromatic heterocycles. The number of aryl methyl sites for hydroxylation is 1. The minimum atomic E-state index is -3.15. The van der Waals surface area contributed by atoms with E-state index in [-0.39, 0.29) is 11.3 Å². The molecule has 0 spiro atoms. The molecule has 1 fully saturated rings. The number of ether oxygens (including phenoxy) is 1. The van der Waals surface area contributed by atoms with Gasteiger partial charge < -0.3 is 10.1 Å². The summed E-state index contributed by atoms with van der Waals surface area (Å²) >= 11 is 0. The van der Waals surface area contributed by atoms with Crippen LogP contribution >= 0.6 is 0 Å². The molecule has 158 valence electrons. The van der Waals surface area contributed by atoms with E-state index in [2.05, 4.69) is 35.3 Å². The van der Waals surface area contributed by atoms with Gasteiger partial charge in [-0.1, -0.05) is 13.0 Å². The van der Waals surface area contributed by atoms with E-state index in [0.29, 0.717) is 12.6 Å². The van der Waals surface area contributed by atoms with Gasteiger partial charge in [-0.2, -0.15) is 0 Å². The predicted molar refractivity (Wildman–Crippen MR) is 115 cm³/mol. The molecule has 5 nitrogen and oxygen atoms in total. The number of nitrogens with zero attached hydrogens (tertiary/aromatic N) is 1. The standard InChI is InChI=1S/C22H36N2O3S/c1-4-14-24(22(28(3,25)26)17-10-12-23-13-11-17)20-8-6-19-16-21(27-5-2)9-7-18(19)15-20/h7,9,16-17,20,22-23H,4-6,8,10-15H2,1-3H3. The van der Waals surface area contributed by atoms with Gasteiger partial charge in [0.15, 0.2) is 9.84 Å². The highest BCUT2D eigenvalue weighted by molar-refractivity contribution is 7.91. The lowest BCUT2D eigenvalue weighted by molar-refractivity contribution is 0.114. The van der Waals surface area contributed by atoms with Crippen LogP contribution in [0.5, 0.6) is 5.75 Å². The maximum Gasteiger partial charge on any atom is 0.163 e. The molecule has 1 aliphatic carbocycles. The molecule has 6 heteroatoms. The van der Waals surface area contributed by atoms with Gasteiger partial charge in [-0.25, -0.2) is 8.42 Å². The Labute approximate surface area is 170 Å². The molecule has 1 N–H and O–H groups in total. The number of benzene rings is 1. The Balaban J connectivity index is 1.84. The van der Waals surface area contributed by atoms with E-state index in [0.717, 1.165) is 63.9 Å². The summed E-state index contributed by atoms with van der Waals surface area (Å²) in [5.41, 5.74) is 2.70. The molecule has 3 rings (SSSR count). The lowest BCUT2D eigenvalue weighted by atomic mass is 9.86. The average molecular weight is 409 g/mol. The Morgan fingerprint density at radius 2 is 1.93 bits per heavy atom. The van der Waals surface area contributed by atoms with Crippen molar-refractivity contribution in [3.63, 3.8) is 0 Å². The van der Waals surface area contributed by atoms with Crippen molar-refractivity contribution in [2.75, 3.05) is 32.5 Å². The highest BCUT2D eigenvalue weighted by Gasteiger charge is 2.39. The SMILES string of the molecule is CCCN(C1CCc2cc(OCC)ccc2C1)C(C1CCNCC1)S(C)(=O)=O. The summed E-state index contributed by atoms with van der Waals surface area (Å²) in [6.45, 7) is 7.52. The van der Waals surface area contributed by atoms with E-state index in [1.807, 2.05) is 6.92 Å². The monoisotopic (exact) mass is 408 g/mol. The normalized spacial score (nSPS) is 22.1. The van der Waals surface area contributed by atoms with Crippen molar-refractivity contribution >= 4 is 9.84 Å². The Morgan fingerprint density at radius 1 is 1.18 bits per heavy atom. The quantitative estimate of drug-likeness (QED) is 0.716. The summed E-state index contributed by atoms with van der Waals surface area (Å²) in [6.07, 6.45) is 7.23. The minimum absolute atomic E-state index is 0.226. The zero-order chi connectivity index (χ0) is 20.1. The van der Waals surface area contributed by atoms with Crippen LogP contribution in [0.2, 0.25) is 0 Å². The second-order valence-corrected chi connectivity index (χ2v) is 10.4. The van der Waals surface area contributed by atoms with Crippen molar-refractivity contribution in [3.05, 3.63) is 29.3 Å². The van der Waals surface area contributed by atoms with E-state index in [9.17, 15) is 8.42 Å². The molecular formula is C22H36N2O3S. The molecule has 0 amide bonds. The number of hydrogen-bond donors (Lipinski definition) is 1. The fourth-order valence-electron chi connectivity index (χ4n) is 5.02. The fraction of sp³-hybridized carbons (Fsp3) is 0.727. The molecule has 0 radical (unpaired) electrons. The first-order valence-corrected chi connectivity index (χ1v) is 12.8. The van der Waals surface area contributed by atoms with Gasteiger partial charge in [0.25, 0.3) is 0 Å². The van der Waals surface area contributed by atoms with E-state index in [4.69, 9.17) is 4.74 Å². The van der Waals surface area contributed by atoms with Crippen molar-refractivity contribution in [2.24, 2.45) is 5.92 Å². The van der Waals surface area contributed by atoms with Crippen molar-refractivity contribution in [2.45, 2.75) is 63.8 Å². The molecule has 1 aromatic rings. The van der Waals surface area contributed by atoms with Gasteiger partial charge in [-0.05, 0) is 94.3 Å². The smallest absolute Gasteiger partial charge is 0.163 e. The van der Waals surface area contributed by atoms with Gasteiger partial charge in [-0.15, -0.1) is 0 Å². The highest BCUT2D eigenvalue weighted by atomic mass is 32.2. The largest absolute Gasteiger partial charge is 0.494 e. The molecular weight excluding hydrogens is 372 g/mol. The Bertz CT molecular complexity index is 744. The Kier molecular flexibility index (Phi) is 7.40. The number of hydrogen-bond acceptors (Lipinski definition) is 5. The number of piperidine rings is 1. The minimum Gasteiger partial charge on any atom is -0.494 e. The van der Waals surface area contributed by atoms with Crippen LogP contribution in [0.15, 0.2) is 18.2 Å². The van der Waals surface area contributed by atoms with Crippen LogP contribution in [0.4, 0.5) is 0 Å². The molecule has 2 unspecified atom stereocenters. The van der Waals surface area contributed by atoms with E-state index >= 15 is 0 Å². The van der Waals surface area contributed by atoms with E-state index in [1.165, 1.54) is 17.4 Å². The van der Waals surface area contributed by atoms with Gasteiger partial charge in [0.2, 0.25) is 0 Å². The zero-order valence-electron chi connectivity index (χ0n) is 17.6.